The number of imidazole rings is 1. The Morgan fingerprint density at radius 3 is 2.56 bits per heavy atom. The zero-order valence-corrected chi connectivity index (χ0v) is 9.63. The van der Waals surface area contributed by atoms with Gasteiger partial charge in [0.2, 0.25) is 0 Å². The van der Waals surface area contributed by atoms with E-state index in [1.807, 2.05) is 0 Å². The number of piperidine rings is 1. The topological polar surface area (TPSA) is 31.9 Å². The highest BCUT2D eigenvalue weighted by Crippen LogP contribution is 2.29. The highest BCUT2D eigenvalue weighted by molar-refractivity contribution is 5.10. The van der Waals surface area contributed by atoms with Crippen LogP contribution in [0.4, 0.5) is 8.78 Å². The first-order chi connectivity index (χ1) is 7.47. The van der Waals surface area contributed by atoms with E-state index < -0.39 is 5.92 Å². The van der Waals surface area contributed by atoms with Crippen LogP contribution in [0.5, 0.6) is 0 Å². The molecule has 0 saturated carbocycles. The molecule has 2 rings (SSSR count). The summed E-state index contributed by atoms with van der Waals surface area (Å²) < 4.78 is 26.0. The Kier molecular flexibility index (Phi) is 2.97. The fraction of sp³-hybridized carbons (Fsp3) is 0.727. The Morgan fingerprint density at radius 1 is 1.44 bits per heavy atom. The molecule has 0 spiro atoms. The predicted molar refractivity (Wildman–Crippen MR) is 57.6 cm³/mol. The van der Waals surface area contributed by atoms with Crippen LogP contribution in [0, 0.1) is 0 Å². The SMILES string of the molecule is CN1CCC(c2ncc(C(C)(F)F)[nH]2)CC1. The number of halogens is 2. The van der Waals surface area contributed by atoms with Crippen LogP contribution in [0.25, 0.3) is 0 Å². The number of aromatic nitrogens is 2. The Labute approximate surface area is 93.9 Å². The number of aromatic amines is 1. The lowest BCUT2D eigenvalue weighted by Gasteiger charge is -2.27. The summed E-state index contributed by atoms with van der Waals surface area (Å²) in [5, 5.41) is 0. The summed E-state index contributed by atoms with van der Waals surface area (Å²) in [6.07, 6.45) is 3.23. The number of rotatable bonds is 2. The van der Waals surface area contributed by atoms with E-state index in [4.69, 9.17) is 0 Å². The van der Waals surface area contributed by atoms with Gasteiger partial charge < -0.3 is 9.88 Å². The lowest BCUT2D eigenvalue weighted by molar-refractivity contribution is 0.0130. The lowest BCUT2D eigenvalue weighted by Crippen LogP contribution is -2.29. The largest absolute Gasteiger partial charge is 0.341 e. The second kappa shape index (κ2) is 4.13. The summed E-state index contributed by atoms with van der Waals surface area (Å²) >= 11 is 0. The van der Waals surface area contributed by atoms with E-state index in [0.29, 0.717) is 11.7 Å². The molecule has 3 nitrogen and oxygen atoms in total. The number of likely N-dealkylation sites (tertiary alicyclic amines) is 1. The van der Waals surface area contributed by atoms with Crippen LogP contribution in [0.2, 0.25) is 0 Å². The van der Waals surface area contributed by atoms with Crippen molar-refractivity contribution < 1.29 is 8.78 Å². The third-order valence-electron chi connectivity index (χ3n) is 3.17. The molecule has 1 aliphatic heterocycles. The summed E-state index contributed by atoms with van der Waals surface area (Å²) in [5.41, 5.74) is -0.0820. The minimum absolute atomic E-state index is 0.0820. The molecule has 1 aromatic rings. The van der Waals surface area contributed by atoms with E-state index in [-0.39, 0.29) is 5.69 Å². The van der Waals surface area contributed by atoms with Gasteiger partial charge in [0.05, 0.1) is 6.20 Å². The molecule has 1 fully saturated rings. The first-order valence-corrected chi connectivity index (χ1v) is 5.58. The average molecular weight is 229 g/mol. The quantitative estimate of drug-likeness (QED) is 0.844. The van der Waals surface area contributed by atoms with Gasteiger partial charge in [-0.2, -0.15) is 8.78 Å². The summed E-state index contributed by atoms with van der Waals surface area (Å²) in [7, 11) is 2.07. The minimum atomic E-state index is -2.82. The lowest BCUT2D eigenvalue weighted by atomic mass is 9.96. The molecule has 0 bridgehead atoms. The number of H-pyrrole nitrogens is 1. The standard InChI is InChI=1S/C11H17F2N3/c1-11(12,13)9-7-14-10(15-9)8-3-5-16(2)6-4-8/h7-8H,3-6H2,1-2H3,(H,14,15). The summed E-state index contributed by atoms with van der Waals surface area (Å²) in [6.45, 7) is 2.89. The van der Waals surface area contributed by atoms with Crippen LogP contribution in [0.1, 0.15) is 37.2 Å². The van der Waals surface area contributed by atoms with Crippen molar-refractivity contribution in [3.63, 3.8) is 0 Å². The second-order valence-electron chi connectivity index (χ2n) is 4.65. The molecule has 1 saturated heterocycles. The Morgan fingerprint density at radius 2 is 2.06 bits per heavy atom. The van der Waals surface area contributed by atoms with E-state index in [1.54, 1.807) is 0 Å². The van der Waals surface area contributed by atoms with E-state index in [0.717, 1.165) is 32.9 Å². The molecule has 90 valence electrons. The van der Waals surface area contributed by atoms with Gasteiger partial charge in [-0.1, -0.05) is 0 Å². The maximum atomic E-state index is 13.0. The van der Waals surface area contributed by atoms with Crippen molar-refractivity contribution in [1.82, 2.24) is 14.9 Å². The summed E-state index contributed by atoms with van der Waals surface area (Å²) in [4.78, 5) is 9.08. The van der Waals surface area contributed by atoms with E-state index in [2.05, 4.69) is 21.9 Å². The maximum Gasteiger partial charge on any atom is 0.286 e. The van der Waals surface area contributed by atoms with E-state index in [9.17, 15) is 8.78 Å². The molecule has 0 radical (unpaired) electrons. The molecule has 5 heteroatoms. The number of hydrogen-bond donors (Lipinski definition) is 1. The van der Waals surface area contributed by atoms with Gasteiger partial charge in [0.25, 0.3) is 5.92 Å². The molecular formula is C11H17F2N3. The van der Waals surface area contributed by atoms with Crippen LogP contribution in [0.3, 0.4) is 0 Å². The highest BCUT2D eigenvalue weighted by Gasteiger charge is 2.29. The van der Waals surface area contributed by atoms with Crippen LogP contribution in [0.15, 0.2) is 6.20 Å². The number of nitrogens with one attached hydrogen (secondary N) is 1. The van der Waals surface area contributed by atoms with E-state index >= 15 is 0 Å². The van der Waals surface area contributed by atoms with Gasteiger partial charge >= 0.3 is 0 Å². The number of alkyl halides is 2. The second-order valence-corrected chi connectivity index (χ2v) is 4.65. The Hall–Kier alpha value is -0.970. The third kappa shape index (κ3) is 2.40. The molecule has 1 aromatic heterocycles. The monoisotopic (exact) mass is 229 g/mol. The molecule has 16 heavy (non-hydrogen) atoms. The fourth-order valence-corrected chi connectivity index (χ4v) is 2.05. The smallest absolute Gasteiger partial charge is 0.286 e. The molecule has 0 unspecified atom stereocenters. The zero-order valence-electron chi connectivity index (χ0n) is 9.63. The molecule has 0 atom stereocenters. The van der Waals surface area contributed by atoms with Crippen molar-refractivity contribution in [1.29, 1.82) is 0 Å². The van der Waals surface area contributed by atoms with Gasteiger partial charge in [-0.25, -0.2) is 4.98 Å². The van der Waals surface area contributed by atoms with Crippen molar-refractivity contribution in [2.75, 3.05) is 20.1 Å². The van der Waals surface area contributed by atoms with Gasteiger partial charge in [-0.15, -0.1) is 0 Å². The molecule has 1 aliphatic rings. The molecule has 0 aliphatic carbocycles. The van der Waals surface area contributed by atoms with Crippen LogP contribution >= 0.6 is 0 Å². The van der Waals surface area contributed by atoms with Gasteiger partial charge in [0, 0.05) is 12.8 Å². The molecule has 1 N–H and O–H groups in total. The van der Waals surface area contributed by atoms with Crippen molar-refractivity contribution in [2.45, 2.75) is 31.6 Å². The third-order valence-corrected chi connectivity index (χ3v) is 3.17. The van der Waals surface area contributed by atoms with Crippen LogP contribution < -0.4 is 0 Å². The number of nitrogens with zero attached hydrogens (tertiary/aromatic N) is 2. The fourth-order valence-electron chi connectivity index (χ4n) is 2.05. The van der Waals surface area contributed by atoms with Crippen LogP contribution in [-0.4, -0.2) is 35.0 Å². The zero-order chi connectivity index (χ0) is 11.8. The van der Waals surface area contributed by atoms with Gasteiger partial charge in [0.15, 0.2) is 0 Å². The van der Waals surface area contributed by atoms with Gasteiger partial charge in [0.1, 0.15) is 11.5 Å². The number of hydrogen-bond acceptors (Lipinski definition) is 2. The van der Waals surface area contributed by atoms with E-state index in [1.165, 1.54) is 6.20 Å². The minimum Gasteiger partial charge on any atom is -0.341 e. The summed E-state index contributed by atoms with van der Waals surface area (Å²) in [6, 6.07) is 0. The van der Waals surface area contributed by atoms with Crippen molar-refractivity contribution in [3.8, 4) is 0 Å². The molecule has 0 amide bonds. The Bertz CT molecular complexity index is 348. The average Bonchev–Trinajstić information content (AvgIpc) is 2.67. The van der Waals surface area contributed by atoms with Gasteiger partial charge in [-0.3, -0.25) is 0 Å². The van der Waals surface area contributed by atoms with Gasteiger partial charge in [-0.05, 0) is 33.0 Å². The molecule has 0 aromatic carbocycles. The van der Waals surface area contributed by atoms with Crippen LogP contribution in [-0.2, 0) is 5.92 Å². The summed E-state index contributed by atoms with van der Waals surface area (Å²) in [5.74, 6) is -1.81. The van der Waals surface area contributed by atoms with Crippen molar-refractivity contribution >= 4 is 0 Å². The highest BCUT2D eigenvalue weighted by atomic mass is 19.3. The maximum absolute atomic E-state index is 13.0. The van der Waals surface area contributed by atoms with Crippen molar-refractivity contribution in [3.05, 3.63) is 17.7 Å². The van der Waals surface area contributed by atoms with Crippen molar-refractivity contribution in [2.24, 2.45) is 0 Å². The Balaban J connectivity index is 2.08. The molecular weight excluding hydrogens is 212 g/mol. The first kappa shape index (κ1) is 11.5. The molecule has 2 heterocycles. The predicted octanol–water partition coefficient (Wildman–Crippen LogP) is 2.33. The first-order valence-electron chi connectivity index (χ1n) is 5.58. The normalized spacial score (nSPS) is 20.2.